The number of thioether (sulfide) groups is 1. The zero-order chi connectivity index (χ0) is 11.7. The molecule has 3 rings (SSSR count). The summed E-state index contributed by atoms with van der Waals surface area (Å²) < 4.78 is 1.89. The number of hydrogen-bond donors (Lipinski definition) is 0. The highest BCUT2D eigenvalue weighted by Gasteiger charge is 2.22. The molecular weight excluding hydrogens is 234 g/mol. The maximum Gasteiger partial charge on any atom is 0.166 e. The number of pyridine rings is 1. The first kappa shape index (κ1) is 10.8. The summed E-state index contributed by atoms with van der Waals surface area (Å²) in [6.07, 6.45) is 3.23. The molecule has 1 saturated heterocycles. The van der Waals surface area contributed by atoms with E-state index in [1.165, 1.54) is 12.2 Å². The van der Waals surface area contributed by atoms with Crippen LogP contribution >= 0.6 is 11.8 Å². The van der Waals surface area contributed by atoms with E-state index in [1.807, 2.05) is 34.4 Å². The third-order valence-electron chi connectivity index (χ3n) is 3.13. The van der Waals surface area contributed by atoms with Crippen molar-refractivity contribution in [3.63, 3.8) is 0 Å². The van der Waals surface area contributed by atoms with Gasteiger partial charge in [-0.15, -0.1) is 10.2 Å². The van der Waals surface area contributed by atoms with E-state index in [0.717, 1.165) is 29.9 Å². The zero-order valence-corrected chi connectivity index (χ0v) is 10.2. The summed E-state index contributed by atoms with van der Waals surface area (Å²) in [5.74, 6) is 3.67. The third-order valence-corrected chi connectivity index (χ3v) is 4.35. The average molecular weight is 247 g/mol. The predicted molar refractivity (Wildman–Crippen MR) is 67.7 cm³/mol. The topological polar surface area (TPSA) is 47.3 Å². The molecule has 1 atom stereocenters. The molecule has 4 nitrogen and oxygen atoms in total. The molecule has 0 amide bonds. The second-order valence-corrected chi connectivity index (χ2v) is 5.38. The van der Waals surface area contributed by atoms with Crippen LogP contribution in [0.25, 0.3) is 5.65 Å². The minimum Gasteiger partial charge on any atom is -0.296 e. The van der Waals surface area contributed by atoms with Gasteiger partial charge in [0.25, 0.3) is 0 Å². The van der Waals surface area contributed by atoms with E-state index in [4.69, 9.17) is 0 Å². The molecule has 88 valence electrons. The van der Waals surface area contributed by atoms with Gasteiger partial charge in [-0.1, -0.05) is 6.07 Å². The van der Waals surface area contributed by atoms with Crippen LogP contribution in [0, 0.1) is 0 Å². The van der Waals surface area contributed by atoms with Gasteiger partial charge in [0.2, 0.25) is 0 Å². The SMILES string of the molecule is O=Cc1cccc2nnc(C3CCCSC3)n12. The molecule has 1 aliphatic rings. The highest BCUT2D eigenvalue weighted by molar-refractivity contribution is 7.99. The van der Waals surface area contributed by atoms with Gasteiger partial charge in [-0.25, -0.2) is 0 Å². The van der Waals surface area contributed by atoms with E-state index in [2.05, 4.69) is 10.2 Å². The molecule has 0 bridgehead atoms. The van der Waals surface area contributed by atoms with Crippen molar-refractivity contribution in [1.29, 1.82) is 0 Å². The van der Waals surface area contributed by atoms with Gasteiger partial charge in [0.15, 0.2) is 11.9 Å². The lowest BCUT2D eigenvalue weighted by Gasteiger charge is -2.19. The number of rotatable bonds is 2. The predicted octanol–water partition coefficient (Wildman–Crippen LogP) is 2.15. The van der Waals surface area contributed by atoms with Crippen LogP contribution in [0.5, 0.6) is 0 Å². The van der Waals surface area contributed by atoms with Crippen molar-refractivity contribution < 1.29 is 4.79 Å². The van der Waals surface area contributed by atoms with Crippen molar-refractivity contribution in [3.8, 4) is 0 Å². The lowest BCUT2D eigenvalue weighted by atomic mass is 10.0. The van der Waals surface area contributed by atoms with E-state index in [9.17, 15) is 4.79 Å². The Morgan fingerprint density at radius 3 is 3.12 bits per heavy atom. The first-order valence-electron chi connectivity index (χ1n) is 5.77. The van der Waals surface area contributed by atoms with E-state index in [1.54, 1.807) is 0 Å². The van der Waals surface area contributed by atoms with Gasteiger partial charge >= 0.3 is 0 Å². The van der Waals surface area contributed by atoms with E-state index in [-0.39, 0.29) is 0 Å². The molecule has 0 N–H and O–H groups in total. The average Bonchev–Trinajstić information content (AvgIpc) is 2.83. The summed E-state index contributed by atoms with van der Waals surface area (Å²) in [5.41, 5.74) is 1.40. The molecular formula is C12H13N3OS. The Kier molecular flexibility index (Phi) is 2.84. The normalized spacial score (nSPS) is 20.6. The number of fused-ring (bicyclic) bond motifs is 1. The lowest BCUT2D eigenvalue weighted by molar-refractivity contribution is 0.111. The smallest absolute Gasteiger partial charge is 0.166 e. The van der Waals surface area contributed by atoms with E-state index >= 15 is 0 Å². The molecule has 5 heteroatoms. The fraction of sp³-hybridized carbons (Fsp3) is 0.417. The van der Waals surface area contributed by atoms with Gasteiger partial charge in [0.1, 0.15) is 5.82 Å². The summed E-state index contributed by atoms with van der Waals surface area (Å²) in [5, 5.41) is 8.42. The molecule has 3 heterocycles. The molecule has 1 unspecified atom stereocenters. The molecule has 1 fully saturated rings. The second-order valence-electron chi connectivity index (χ2n) is 4.23. The number of hydrogen-bond acceptors (Lipinski definition) is 4. The van der Waals surface area contributed by atoms with Gasteiger partial charge < -0.3 is 0 Å². The molecule has 0 aromatic carbocycles. The van der Waals surface area contributed by atoms with Gasteiger partial charge in [-0.05, 0) is 30.7 Å². The maximum atomic E-state index is 11.1. The van der Waals surface area contributed by atoms with Crippen LogP contribution in [-0.4, -0.2) is 32.4 Å². The Morgan fingerprint density at radius 2 is 2.35 bits per heavy atom. The van der Waals surface area contributed by atoms with Crippen LogP contribution in [-0.2, 0) is 0 Å². The minimum absolute atomic E-state index is 0.421. The van der Waals surface area contributed by atoms with Crippen molar-refractivity contribution in [3.05, 3.63) is 29.7 Å². The fourth-order valence-electron chi connectivity index (χ4n) is 2.29. The summed E-state index contributed by atoms with van der Waals surface area (Å²) in [6.45, 7) is 0. The van der Waals surface area contributed by atoms with Crippen molar-refractivity contribution in [2.45, 2.75) is 18.8 Å². The molecule has 2 aromatic rings. The Bertz CT molecular complexity index is 546. The first-order chi connectivity index (χ1) is 8.40. The molecule has 2 aromatic heterocycles. The van der Waals surface area contributed by atoms with Gasteiger partial charge in [0.05, 0.1) is 5.69 Å². The van der Waals surface area contributed by atoms with Crippen molar-refractivity contribution in [2.75, 3.05) is 11.5 Å². The highest BCUT2D eigenvalue weighted by atomic mass is 32.2. The largest absolute Gasteiger partial charge is 0.296 e. The van der Waals surface area contributed by atoms with Crippen LogP contribution < -0.4 is 0 Å². The van der Waals surface area contributed by atoms with Gasteiger partial charge in [-0.3, -0.25) is 9.20 Å². The lowest BCUT2D eigenvalue weighted by Crippen LogP contribution is -2.13. The molecule has 0 radical (unpaired) electrons. The maximum absolute atomic E-state index is 11.1. The number of carbonyl (C=O) groups is 1. The monoisotopic (exact) mass is 247 g/mol. The van der Waals surface area contributed by atoms with Crippen molar-refractivity contribution in [1.82, 2.24) is 14.6 Å². The Labute approximate surface area is 103 Å². The van der Waals surface area contributed by atoms with Crippen molar-refractivity contribution >= 4 is 23.7 Å². The van der Waals surface area contributed by atoms with Gasteiger partial charge in [0, 0.05) is 11.7 Å². The second kappa shape index (κ2) is 4.49. The molecule has 0 spiro atoms. The van der Waals surface area contributed by atoms with E-state index in [0.29, 0.717) is 11.6 Å². The third kappa shape index (κ3) is 1.84. The van der Waals surface area contributed by atoms with Gasteiger partial charge in [-0.2, -0.15) is 11.8 Å². The van der Waals surface area contributed by atoms with Crippen LogP contribution in [0.2, 0.25) is 0 Å². The summed E-state index contributed by atoms with van der Waals surface area (Å²) >= 11 is 1.95. The Morgan fingerprint density at radius 1 is 1.41 bits per heavy atom. The van der Waals surface area contributed by atoms with Crippen molar-refractivity contribution in [2.24, 2.45) is 0 Å². The summed E-state index contributed by atoms with van der Waals surface area (Å²) in [6, 6.07) is 5.54. The molecule has 0 aliphatic carbocycles. The van der Waals surface area contributed by atoms with E-state index < -0.39 is 0 Å². The van der Waals surface area contributed by atoms with Crippen LogP contribution in [0.4, 0.5) is 0 Å². The quantitative estimate of drug-likeness (QED) is 0.763. The van der Waals surface area contributed by atoms with Crippen LogP contribution in [0.15, 0.2) is 18.2 Å². The molecule has 17 heavy (non-hydrogen) atoms. The molecule has 1 aliphatic heterocycles. The number of nitrogens with zero attached hydrogens (tertiary/aromatic N) is 3. The summed E-state index contributed by atoms with van der Waals surface area (Å²) in [7, 11) is 0. The van der Waals surface area contributed by atoms with Crippen LogP contribution in [0.1, 0.15) is 35.1 Å². The Balaban J connectivity index is 2.12. The minimum atomic E-state index is 0.421. The number of aldehydes is 1. The fourth-order valence-corrected chi connectivity index (χ4v) is 3.43. The zero-order valence-electron chi connectivity index (χ0n) is 9.37. The number of aromatic nitrogens is 3. The highest BCUT2D eigenvalue weighted by Crippen LogP contribution is 2.30. The molecule has 0 saturated carbocycles. The standard InChI is InChI=1S/C12H13N3OS/c16-7-10-4-1-5-11-13-14-12(15(10)11)9-3-2-6-17-8-9/h1,4-5,7,9H,2-3,6,8H2. The number of carbonyl (C=O) groups excluding carboxylic acids is 1. The summed E-state index contributed by atoms with van der Waals surface area (Å²) in [4.78, 5) is 11.1. The van der Waals surface area contributed by atoms with Crippen LogP contribution in [0.3, 0.4) is 0 Å². The Hall–Kier alpha value is -1.36. The first-order valence-corrected chi connectivity index (χ1v) is 6.92.